The minimum absolute atomic E-state index is 0.580. The van der Waals surface area contributed by atoms with Crippen LogP contribution in [0.2, 0.25) is 0 Å². The van der Waals surface area contributed by atoms with Crippen molar-refractivity contribution >= 4 is 0 Å². The average Bonchev–Trinajstić information content (AvgIpc) is 3.01. The Kier molecular flexibility index (Phi) is 3.54. The largest absolute Gasteiger partial charge is 0.387 e. The van der Waals surface area contributed by atoms with Crippen LogP contribution < -0.4 is 0 Å². The van der Waals surface area contributed by atoms with Crippen molar-refractivity contribution in [1.29, 1.82) is 0 Å². The summed E-state index contributed by atoms with van der Waals surface area (Å²) in [6.45, 7) is 3.77. The number of rotatable bonds is 3. The van der Waals surface area contributed by atoms with Crippen molar-refractivity contribution in [2.24, 2.45) is 0 Å². The average molecular weight is 279 g/mol. The van der Waals surface area contributed by atoms with Crippen LogP contribution in [-0.2, 0) is 0 Å². The van der Waals surface area contributed by atoms with E-state index >= 15 is 0 Å². The molecule has 0 amide bonds. The first-order chi connectivity index (χ1) is 10.1. The summed E-state index contributed by atoms with van der Waals surface area (Å²) < 4.78 is 1.83. The molecule has 2 aromatic heterocycles. The lowest BCUT2D eigenvalue weighted by Crippen LogP contribution is -2.01. The van der Waals surface area contributed by atoms with E-state index in [9.17, 15) is 5.11 Å². The molecule has 0 fully saturated rings. The van der Waals surface area contributed by atoms with Crippen LogP contribution in [0.4, 0.5) is 0 Å². The predicted octanol–water partition coefficient (Wildman–Crippen LogP) is 3.30. The Labute approximate surface area is 123 Å². The van der Waals surface area contributed by atoms with E-state index in [2.05, 4.69) is 29.1 Å². The number of aromatic nitrogens is 3. The number of aryl methyl sites for hydroxylation is 1. The number of nitrogens with zero attached hydrogens (tertiary/aromatic N) is 3. The summed E-state index contributed by atoms with van der Waals surface area (Å²) in [5, 5.41) is 14.0. The van der Waals surface area contributed by atoms with Crippen LogP contribution in [0.5, 0.6) is 0 Å². The molecule has 106 valence electrons. The zero-order chi connectivity index (χ0) is 14.8. The van der Waals surface area contributed by atoms with E-state index in [1.165, 1.54) is 0 Å². The maximum Gasteiger partial charge on any atom is 0.0932 e. The molecule has 1 N–H and O–H groups in total. The Morgan fingerprint density at radius 1 is 1.14 bits per heavy atom. The summed E-state index contributed by atoms with van der Waals surface area (Å²) in [4.78, 5) is 4.55. The van der Waals surface area contributed by atoms with Crippen molar-refractivity contribution in [2.75, 3.05) is 0 Å². The number of hydrogen-bond donors (Lipinski definition) is 1. The van der Waals surface area contributed by atoms with Gasteiger partial charge >= 0.3 is 0 Å². The first kappa shape index (κ1) is 13.5. The molecule has 0 aliphatic rings. The maximum absolute atomic E-state index is 9.71. The zero-order valence-corrected chi connectivity index (χ0v) is 12.1. The van der Waals surface area contributed by atoms with Gasteiger partial charge in [0.15, 0.2) is 0 Å². The molecule has 2 heterocycles. The third kappa shape index (κ3) is 2.71. The molecule has 3 rings (SSSR count). The van der Waals surface area contributed by atoms with Crippen LogP contribution in [0.1, 0.15) is 24.3 Å². The Balaban J connectivity index is 2.17. The Hall–Kier alpha value is -2.46. The van der Waals surface area contributed by atoms with Gasteiger partial charge in [0.05, 0.1) is 23.2 Å². The molecule has 0 radical (unpaired) electrons. The fraction of sp³-hybridized carbons (Fsp3) is 0.176. The normalized spacial score (nSPS) is 12.3. The van der Waals surface area contributed by atoms with E-state index in [4.69, 9.17) is 0 Å². The van der Waals surface area contributed by atoms with Crippen LogP contribution in [0.3, 0.4) is 0 Å². The highest BCUT2D eigenvalue weighted by Crippen LogP contribution is 2.27. The summed E-state index contributed by atoms with van der Waals surface area (Å²) in [5.74, 6) is 0. The monoisotopic (exact) mass is 279 g/mol. The lowest BCUT2D eigenvalue weighted by atomic mass is 10.1. The minimum Gasteiger partial charge on any atom is -0.387 e. The second-order valence-electron chi connectivity index (χ2n) is 5.09. The summed E-state index contributed by atoms with van der Waals surface area (Å²) in [6.07, 6.45) is 3.09. The number of aliphatic hydroxyl groups excluding tert-OH is 1. The molecule has 0 saturated carbocycles. The minimum atomic E-state index is -0.580. The SMILES string of the molecule is Cc1ccc(-c2cccc(C(C)O)n2)c(-n2cccn2)c1. The van der Waals surface area contributed by atoms with Gasteiger partial charge in [-0.05, 0) is 43.7 Å². The number of pyridine rings is 1. The van der Waals surface area contributed by atoms with E-state index in [-0.39, 0.29) is 0 Å². The van der Waals surface area contributed by atoms with E-state index in [1.54, 1.807) is 13.1 Å². The summed E-state index contributed by atoms with van der Waals surface area (Å²) in [5.41, 5.74) is 4.64. The first-order valence-electron chi connectivity index (χ1n) is 6.91. The Morgan fingerprint density at radius 3 is 2.71 bits per heavy atom. The second kappa shape index (κ2) is 5.50. The standard InChI is InChI=1S/C17H17N3O/c1-12-7-8-14(17(11-12)20-10-4-9-18-20)16-6-3-5-15(19-16)13(2)21/h3-11,13,21H,1-2H3. The molecular formula is C17H17N3O. The van der Waals surface area contributed by atoms with Crippen molar-refractivity contribution in [3.8, 4) is 16.9 Å². The Bertz CT molecular complexity index is 748. The van der Waals surface area contributed by atoms with Gasteiger partial charge in [0.2, 0.25) is 0 Å². The van der Waals surface area contributed by atoms with Crippen molar-refractivity contribution < 1.29 is 5.11 Å². The van der Waals surface area contributed by atoms with Crippen molar-refractivity contribution in [2.45, 2.75) is 20.0 Å². The van der Waals surface area contributed by atoms with Crippen LogP contribution in [0, 0.1) is 6.92 Å². The van der Waals surface area contributed by atoms with Gasteiger partial charge in [-0.2, -0.15) is 5.10 Å². The number of benzene rings is 1. The highest BCUT2D eigenvalue weighted by atomic mass is 16.3. The fourth-order valence-electron chi connectivity index (χ4n) is 2.29. The lowest BCUT2D eigenvalue weighted by Gasteiger charge is -2.12. The fourth-order valence-corrected chi connectivity index (χ4v) is 2.29. The van der Waals surface area contributed by atoms with E-state index in [1.807, 2.05) is 41.2 Å². The predicted molar refractivity (Wildman–Crippen MR) is 82.2 cm³/mol. The summed E-state index contributed by atoms with van der Waals surface area (Å²) in [6, 6.07) is 13.8. The Morgan fingerprint density at radius 2 is 2.00 bits per heavy atom. The first-order valence-corrected chi connectivity index (χ1v) is 6.91. The third-order valence-corrected chi connectivity index (χ3v) is 3.38. The molecule has 0 bridgehead atoms. The molecule has 0 spiro atoms. The molecule has 0 aliphatic heterocycles. The smallest absolute Gasteiger partial charge is 0.0932 e. The van der Waals surface area contributed by atoms with Gasteiger partial charge in [0.1, 0.15) is 0 Å². The maximum atomic E-state index is 9.71. The molecule has 3 aromatic rings. The molecule has 0 aliphatic carbocycles. The second-order valence-corrected chi connectivity index (χ2v) is 5.09. The van der Waals surface area contributed by atoms with Crippen LogP contribution >= 0.6 is 0 Å². The zero-order valence-electron chi connectivity index (χ0n) is 12.1. The summed E-state index contributed by atoms with van der Waals surface area (Å²) >= 11 is 0. The van der Waals surface area contributed by atoms with Gasteiger partial charge in [0, 0.05) is 18.0 Å². The molecule has 1 aromatic carbocycles. The molecule has 1 atom stereocenters. The van der Waals surface area contributed by atoms with Gasteiger partial charge in [0.25, 0.3) is 0 Å². The van der Waals surface area contributed by atoms with E-state index in [0.29, 0.717) is 5.69 Å². The molecular weight excluding hydrogens is 262 g/mol. The van der Waals surface area contributed by atoms with Gasteiger partial charge in [-0.25, -0.2) is 4.68 Å². The van der Waals surface area contributed by atoms with Crippen molar-refractivity contribution in [1.82, 2.24) is 14.8 Å². The van der Waals surface area contributed by atoms with Crippen molar-refractivity contribution in [3.05, 3.63) is 66.1 Å². The van der Waals surface area contributed by atoms with Gasteiger partial charge in [-0.15, -0.1) is 0 Å². The van der Waals surface area contributed by atoms with E-state index in [0.717, 1.165) is 22.5 Å². The molecule has 0 saturated heterocycles. The quantitative estimate of drug-likeness (QED) is 0.800. The topological polar surface area (TPSA) is 50.9 Å². The van der Waals surface area contributed by atoms with Gasteiger partial charge in [-0.1, -0.05) is 18.2 Å². The highest BCUT2D eigenvalue weighted by Gasteiger charge is 2.11. The van der Waals surface area contributed by atoms with Crippen LogP contribution in [-0.4, -0.2) is 19.9 Å². The highest BCUT2D eigenvalue weighted by molar-refractivity contribution is 5.70. The van der Waals surface area contributed by atoms with Gasteiger partial charge in [-0.3, -0.25) is 4.98 Å². The molecule has 4 heteroatoms. The third-order valence-electron chi connectivity index (χ3n) is 3.38. The van der Waals surface area contributed by atoms with Crippen LogP contribution in [0.15, 0.2) is 54.9 Å². The molecule has 1 unspecified atom stereocenters. The number of aliphatic hydroxyl groups is 1. The van der Waals surface area contributed by atoms with Crippen molar-refractivity contribution in [3.63, 3.8) is 0 Å². The molecule has 4 nitrogen and oxygen atoms in total. The molecule has 21 heavy (non-hydrogen) atoms. The number of hydrogen-bond acceptors (Lipinski definition) is 3. The lowest BCUT2D eigenvalue weighted by molar-refractivity contribution is 0.194. The van der Waals surface area contributed by atoms with Gasteiger partial charge < -0.3 is 5.11 Å². The van der Waals surface area contributed by atoms with Crippen LogP contribution in [0.25, 0.3) is 16.9 Å². The van der Waals surface area contributed by atoms with E-state index < -0.39 is 6.10 Å². The summed E-state index contributed by atoms with van der Waals surface area (Å²) in [7, 11) is 0.